The van der Waals surface area contributed by atoms with Crippen LogP contribution in [0.25, 0.3) is 6.08 Å². The first-order valence-corrected chi connectivity index (χ1v) is 7.37. The molecule has 4 heteroatoms. The molecule has 0 saturated heterocycles. The van der Waals surface area contributed by atoms with E-state index in [1.54, 1.807) is 0 Å². The molecule has 0 atom stereocenters. The summed E-state index contributed by atoms with van der Waals surface area (Å²) in [5.41, 5.74) is 3.25. The number of anilines is 1. The van der Waals surface area contributed by atoms with Crippen molar-refractivity contribution in [3.05, 3.63) is 35.5 Å². The summed E-state index contributed by atoms with van der Waals surface area (Å²) in [6, 6.07) is 8.54. The summed E-state index contributed by atoms with van der Waals surface area (Å²) in [5.74, 6) is 0.945. The summed E-state index contributed by atoms with van der Waals surface area (Å²) in [6.07, 6.45) is 2.04. The molecule has 2 rings (SSSR count). The molecule has 0 unspecified atom stereocenters. The Morgan fingerprint density at radius 1 is 1.20 bits per heavy atom. The Bertz CT molecular complexity index is 554. The maximum atomic E-state index is 5.38. The largest absolute Gasteiger partial charge is 0.372 e. The van der Waals surface area contributed by atoms with Crippen LogP contribution in [0.15, 0.2) is 35.0 Å². The first-order chi connectivity index (χ1) is 9.56. The molecule has 0 spiro atoms. The Kier molecular flexibility index (Phi) is 4.55. The van der Waals surface area contributed by atoms with Crippen molar-refractivity contribution in [2.75, 3.05) is 25.0 Å². The summed E-state index contributed by atoms with van der Waals surface area (Å²) in [4.78, 5) is 9.54. The van der Waals surface area contributed by atoms with Gasteiger partial charge in [0.25, 0.3) is 0 Å². The minimum absolute atomic E-state index is 0.787. The molecular weight excluding hydrogens is 266 g/mol. The SMILES string of the molecule is CCN(CC)c1ccc(C=C2N=C(C)N(C)C2=S)cc1. The topological polar surface area (TPSA) is 18.8 Å². The lowest BCUT2D eigenvalue weighted by Gasteiger charge is -2.20. The van der Waals surface area contributed by atoms with E-state index in [1.807, 2.05) is 24.9 Å². The van der Waals surface area contributed by atoms with Gasteiger partial charge in [-0.25, -0.2) is 4.99 Å². The Labute approximate surface area is 126 Å². The van der Waals surface area contributed by atoms with Gasteiger partial charge in [0.05, 0.1) is 0 Å². The molecule has 1 aliphatic rings. The Hall–Kier alpha value is -1.68. The average molecular weight is 287 g/mol. The van der Waals surface area contributed by atoms with Crippen molar-refractivity contribution in [2.45, 2.75) is 20.8 Å². The van der Waals surface area contributed by atoms with Crippen molar-refractivity contribution in [1.82, 2.24) is 4.90 Å². The number of likely N-dealkylation sites (N-methyl/N-ethyl adjacent to an activating group) is 1. The lowest BCUT2D eigenvalue weighted by Crippen LogP contribution is -2.23. The van der Waals surface area contributed by atoms with Gasteiger partial charge in [0.1, 0.15) is 16.5 Å². The molecule has 0 saturated carbocycles. The Morgan fingerprint density at radius 3 is 2.25 bits per heavy atom. The normalized spacial score (nSPS) is 16.8. The molecule has 0 amide bonds. The number of hydrogen-bond donors (Lipinski definition) is 0. The van der Waals surface area contributed by atoms with Crippen molar-refractivity contribution in [3.8, 4) is 0 Å². The van der Waals surface area contributed by atoms with Gasteiger partial charge in [-0.15, -0.1) is 0 Å². The molecule has 20 heavy (non-hydrogen) atoms. The molecule has 106 valence electrons. The number of amidine groups is 1. The predicted octanol–water partition coefficient (Wildman–Crippen LogP) is 3.56. The first kappa shape index (κ1) is 14.7. The first-order valence-electron chi connectivity index (χ1n) is 6.96. The summed E-state index contributed by atoms with van der Waals surface area (Å²) in [5, 5.41) is 0. The minimum atomic E-state index is 0.787. The molecule has 0 fully saturated rings. The zero-order chi connectivity index (χ0) is 14.7. The third-order valence-electron chi connectivity index (χ3n) is 3.62. The summed E-state index contributed by atoms with van der Waals surface area (Å²) in [6.45, 7) is 8.36. The van der Waals surface area contributed by atoms with E-state index in [0.29, 0.717) is 0 Å². The monoisotopic (exact) mass is 287 g/mol. The number of rotatable bonds is 4. The Balaban J connectivity index is 2.22. The second kappa shape index (κ2) is 6.18. The van der Waals surface area contributed by atoms with Crippen LogP contribution in [-0.2, 0) is 0 Å². The molecule has 0 aromatic heterocycles. The quantitative estimate of drug-likeness (QED) is 0.623. The minimum Gasteiger partial charge on any atom is -0.372 e. The lowest BCUT2D eigenvalue weighted by atomic mass is 10.1. The highest BCUT2D eigenvalue weighted by Crippen LogP contribution is 2.20. The number of nitrogens with zero attached hydrogens (tertiary/aromatic N) is 3. The van der Waals surface area contributed by atoms with E-state index in [9.17, 15) is 0 Å². The van der Waals surface area contributed by atoms with Gasteiger partial charge in [-0.1, -0.05) is 24.4 Å². The third kappa shape index (κ3) is 2.90. The molecule has 1 aliphatic heterocycles. The highest BCUT2D eigenvalue weighted by Gasteiger charge is 2.19. The van der Waals surface area contributed by atoms with Crippen LogP contribution in [0.3, 0.4) is 0 Å². The highest BCUT2D eigenvalue weighted by molar-refractivity contribution is 7.80. The third-order valence-corrected chi connectivity index (χ3v) is 4.10. The van der Waals surface area contributed by atoms with E-state index in [0.717, 1.165) is 35.2 Å². The van der Waals surface area contributed by atoms with Crippen LogP contribution in [0.5, 0.6) is 0 Å². The predicted molar refractivity (Wildman–Crippen MR) is 91.5 cm³/mol. The maximum absolute atomic E-state index is 5.38. The van der Waals surface area contributed by atoms with E-state index in [1.165, 1.54) is 5.69 Å². The molecule has 1 aromatic rings. The van der Waals surface area contributed by atoms with E-state index in [2.05, 4.69) is 48.0 Å². The molecular formula is C16H21N3S. The summed E-state index contributed by atoms with van der Waals surface area (Å²) >= 11 is 5.38. The molecule has 0 radical (unpaired) electrons. The number of benzene rings is 1. The second-order valence-electron chi connectivity index (χ2n) is 4.82. The van der Waals surface area contributed by atoms with Crippen molar-refractivity contribution in [1.29, 1.82) is 0 Å². The van der Waals surface area contributed by atoms with Gasteiger partial charge in [0.15, 0.2) is 0 Å². The van der Waals surface area contributed by atoms with Crippen LogP contribution in [0, 0.1) is 0 Å². The van der Waals surface area contributed by atoms with E-state index < -0.39 is 0 Å². The van der Waals surface area contributed by atoms with Crippen molar-refractivity contribution < 1.29 is 0 Å². The molecule has 0 N–H and O–H groups in total. The van der Waals surface area contributed by atoms with Crippen LogP contribution in [0.4, 0.5) is 5.69 Å². The number of hydrogen-bond acceptors (Lipinski definition) is 3. The van der Waals surface area contributed by atoms with Crippen LogP contribution in [0.2, 0.25) is 0 Å². The van der Waals surface area contributed by atoms with E-state index >= 15 is 0 Å². The van der Waals surface area contributed by atoms with Gasteiger partial charge >= 0.3 is 0 Å². The van der Waals surface area contributed by atoms with Crippen LogP contribution < -0.4 is 4.90 Å². The zero-order valence-electron chi connectivity index (χ0n) is 12.6. The van der Waals surface area contributed by atoms with Gasteiger partial charge in [-0.05, 0) is 44.5 Å². The molecule has 1 aromatic carbocycles. The van der Waals surface area contributed by atoms with Gasteiger partial charge < -0.3 is 9.80 Å². The molecule has 0 aliphatic carbocycles. The van der Waals surface area contributed by atoms with Crippen LogP contribution in [0.1, 0.15) is 26.3 Å². The van der Waals surface area contributed by atoms with Crippen LogP contribution >= 0.6 is 12.2 Å². The van der Waals surface area contributed by atoms with Gasteiger partial charge in [0, 0.05) is 25.8 Å². The van der Waals surface area contributed by atoms with Crippen molar-refractivity contribution in [3.63, 3.8) is 0 Å². The number of thiocarbonyl (C=S) groups is 1. The van der Waals surface area contributed by atoms with Crippen molar-refractivity contribution >= 4 is 34.8 Å². The van der Waals surface area contributed by atoms with Gasteiger partial charge in [0.2, 0.25) is 0 Å². The smallest absolute Gasteiger partial charge is 0.133 e. The van der Waals surface area contributed by atoms with Crippen LogP contribution in [-0.4, -0.2) is 35.9 Å². The Morgan fingerprint density at radius 2 is 1.80 bits per heavy atom. The zero-order valence-corrected chi connectivity index (χ0v) is 13.4. The maximum Gasteiger partial charge on any atom is 0.133 e. The average Bonchev–Trinajstić information content (AvgIpc) is 2.69. The standard InChI is InChI=1S/C16H21N3S/c1-5-19(6-2)14-9-7-13(8-10-14)11-15-16(20)18(4)12(3)17-15/h7-11H,5-6H2,1-4H3. The lowest BCUT2D eigenvalue weighted by molar-refractivity contribution is 0.784. The summed E-state index contributed by atoms with van der Waals surface area (Å²) in [7, 11) is 1.95. The van der Waals surface area contributed by atoms with E-state index in [4.69, 9.17) is 12.2 Å². The van der Waals surface area contributed by atoms with Gasteiger partial charge in [-0.2, -0.15) is 0 Å². The summed E-state index contributed by atoms with van der Waals surface area (Å²) < 4.78 is 0. The molecule has 1 heterocycles. The fraction of sp³-hybridized carbons (Fsp3) is 0.375. The molecule has 0 bridgehead atoms. The van der Waals surface area contributed by atoms with Crippen molar-refractivity contribution in [2.24, 2.45) is 4.99 Å². The van der Waals surface area contributed by atoms with Gasteiger partial charge in [-0.3, -0.25) is 0 Å². The fourth-order valence-corrected chi connectivity index (χ4v) is 2.47. The number of aliphatic imine (C=N–C) groups is 1. The highest BCUT2D eigenvalue weighted by atomic mass is 32.1. The second-order valence-corrected chi connectivity index (χ2v) is 5.20. The van der Waals surface area contributed by atoms with E-state index in [-0.39, 0.29) is 0 Å². The molecule has 3 nitrogen and oxygen atoms in total. The fourth-order valence-electron chi connectivity index (χ4n) is 2.24.